The van der Waals surface area contributed by atoms with Crippen LogP contribution in [0.3, 0.4) is 0 Å². The second-order valence-corrected chi connectivity index (χ2v) is 9.24. The van der Waals surface area contributed by atoms with Crippen LogP contribution in [0.5, 0.6) is 0 Å². The van der Waals surface area contributed by atoms with Crippen LogP contribution in [0, 0.1) is 0 Å². The molecular weight excluding hydrogens is 495 g/mol. The molecule has 2 fully saturated rings. The maximum absolute atomic E-state index is 12.0. The molecule has 7 nitrogen and oxygen atoms in total. The van der Waals surface area contributed by atoms with Crippen molar-refractivity contribution in [2.75, 3.05) is 33.3 Å². The molecule has 30 heavy (non-hydrogen) atoms. The van der Waals surface area contributed by atoms with E-state index in [9.17, 15) is 4.79 Å². The minimum atomic E-state index is -0.472. The Labute approximate surface area is 200 Å². The molecular formula is C22H43IN4O3. The van der Waals surface area contributed by atoms with Gasteiger partial charge in [-0.05, 0) is 52.9 Å². The lowest BCUT2D eigenvalue weighted by Crippen LogP contribution is -2.44. The van der Waals surface area contributed by atoms with E-state index in [1.165, 1.54) is 38.5 Å². The summed E-state index contributed by atoms with van der Waals surface area (Å²) < 4.78 is 11.4. The van der Waals surface area contributed by atoms with Gasteiger partial charge >= 0.3 is 6.09 Å². The van der Waals surface area contributed by atoms with Crippen LogP contribution in [0.4, 0.5) is 4.79 Å². The summed E-state index contributed by atoms with van der Waals surface area (Å²) in [5.41, 5.74) is -0.472. The van der Waals surface area contributed by atoms with Crippen molar-refractivity contribution in [3.63, 3.8) is 0 Å². The fourth-order valence-corrected chi connectivity index (χ4v) is 3.96. The Bertz CT molecular complexity index is 517. The molecule has 2 aliphatic rings. The van der Waals surface area contributed by atoms with Crippen LogP contribution in [0.25, 0.3) is 0 Å². The third kappa shape index (κ3) is 11.0. The zero-order valence-corrected chi connectivity index (χ0v) is 21.7. The van der Waals surface area contributed by atoms with Gasteiger partial charge in [0.05, 0.1) is 12.1 Å². The highest BCUT2D eigenvalue weighted by molar-refractivity contribution is 14.0. The van der Waals surface area contributed by atoms with Gasteiger partial charge in [-0.15, -0.1) is 24.0 Å². The summed E-state index contributed by atoms with van der Waals surface area (Å²) in [4.78, 5) is 18.6. The number of hydrogen-bond acceptors (Lipinski definition) is 4. The van der Waals surface area contributed by atoms with E-state index in [0.717, 1.165) is 51.5 Å². The first-order valence-electron chi connectivity index (χ1n) is 11.4. The maximum atomic E-state index is 12.0. The monoisotopic (exact) mass is 538 g/mol. The van der Waals surface area contributed by atoms with Gasteiger partial charge in [0, 0.05) is 33.3 Å². The van der Waals surface area contributed by atoms with E-state index in [1.807, 2.05) is 27.8 Å². The lowest BCUT2D eigenvalue weighted by Gasteiger charge is -2.23. The summed E-state index contributed by atoms with van der Waals surface area (Å²) in [5.74, 6) is 0.906. The van der Waals surface area contributed by atoms with Crippen molar-refractivity contribution in [2.45, 2.75) is 96.3 Å². The van der Waals surface area contributed by atoms with Crippen LogP contribution in [0.15, 0.2) is 4.99 Å². The van der Waals surface area contributed by atoms with Crippen LogP contribution in [-0.2, 0) is 9.47 Å². The molecule has 1 saturated heterocycles. The van der Waals surface area contributed by atoms with Crippen molar-refractivity contribution >= 4 is 36.0 Å². The summed E-state index contributed by atoms with van der Waals surface area (Å²) in [6.07, 6.45) is 11.0. The maximum Gasteiger partial charge on any atom is 0.407 e. The largest absolute Gasteiger partial charge is 0.444 e. The number of unbranched alkanes of at least 4 members (excludes halogenated alkanes) is 1. The van der Waals surface area contributed by atoms with E-state index in [0.29, 0.717) is 6.10 Å². The molecule has 1 heterocycles. The third-order valence-corrected chi connectivity index (χ3v) is 5.43. The molecule has 176 valence electrons. The Morgan fingerprint density at radius 2 is 1.80 bits per heavy atom. The number of guanidine groups is 1. The molecule has 0 aromatic rings. The van der Waals surface area contributed by atoms with Crippen molar-refractivity contribution in [3.8, 4) is 0 Å². The second-order valence-electron chi connectivity index (χ2n) is 9.24. The number of halogens is 1. The average molecular weight is 539 g/mol. The number of rotatable bonds is 7. The van der Waals surface area contributed by atoms with Crippen LogP contribution in [0.1, 0.15) is 78.6 Å². The molecule has 2 rings (SSSR count). The van der Waals surface area contributed by atoms with Crippen LogP contribution >= 0.6 is 24.0 Å². The smallest absolute Gasteiger partial charge is 0.407 e. The highest BCUT2D eigenvalue weighted by atomic mass is 127. The van der Waals surface area contributed by atoms with Crippen LogP contribution in [-0.4, -0.2) is 68.0 Å². The highest BCUT2D eigenvalue weighted by Gasteiger charge is 2.27. The number of amides is 1. The van der Waals surface area contributed by atoms with Crippen LogP contribution in [0.2, 0.25) is 0 Å². The molecule has 0 bridgehead atoms. The van der Waals surface area contributed by atoms with Crippen molar-refractivity contribution in [3.05, 3.63) is 0 Å². The number of alkyl carbamates (subject to hydrolysis) is 1. The van der Waals surface area contributed by atoms with Crippen molar-refractivity contribution < 1.29 is 14.3 Å². The van der Waals surface area contributed by atoms with E-state index in [1.54, 1.807) is 0 Å². The van der Waals surface area contributed by atoms with Gasteiger partial charge in [-0.1, -0.05) is 25.7 Å². The topological polar surface area (TPSA) is 75.2 Å². The van der Waals surface area contributed by atoms with E-state index >= 15 is 0 Å². The second kappa shape index (κ2) is 14.3. The fourth-order valence-electron chi connectivity index (χ4n) is 3.96. The zero-order valence-electron chi connectivity index (χ0n) is 19.4. The normalized spacial score (nSPS) is 21.0. The van der Waals surface area contributed by atoms with Gasteiger partial charge in [-0.3, -0.25) is 4.99 Å². The predicted octanol–water partition coefficient (Wildman–Crippen LogP) is 4.30. The van der Waals surface area contributed by atoms with Gasteiger partial charge in [0.15, 0.2) is 5.96 Å². The lowest BCUT2D eigenvalue weighted by molar-refractivity contribution is 0.0411. The first-order chi connectivity index (χ1) is 13.9. The summed E-state index contributed by atoms with van der Waals surface area (Å²) in [6.45, 7) is 9.01. The quantitative estimate of drug-likeness (QED) is 0.166. The Kier molecular flexibility index (Phi) is 13.0. The molecule has 1 amide bonds. The molecule has 1 aliphatic heterocycles. The van der Waals surface area contributed by atoms with Gasteiger partial charge in [-0.2, -0.15) is 0 Å². The Hall–Kier alpha value is -0.770. The number of aliphatic imine (C=N–C) groups is 1. The van der Waals surface area contributed by atoms with E-state index < -0.39 is 5.60 Å². The van der Waals surface area contributed by atoms with Gasteiger partial charge in [0.25, 0.3) is 0 Å². The molecule has 0 aromatic heterocycles. The fraction of sp³-hybridized carbons (Fsp3) is 0.909. The zero-order chi connectivity index (χ0) is 21.1. The number of likely N-dealkylation sites (tertiary alicyclic amines) is 1. The SMILES string of the molecule is CN=C(NCCCCOC1CCCCCC1)N1CCC(NC(=O)OC(C)(C)C)C1.I. The number of nitrogens with zero attached hydrogens (tertiary/aromatic N) is 2. The van der Waals surface area contributed by atoms with Crippen molar-refractivity contribution in [2.24, 2.45) is 4.99 Å². The number of carbonyl (C=O) groups is 1. The minimum absolute atomic E-state index is 0. The van der Waals surface area contributed by atoms with Crippen molar-refractivity contribution in [1.82, 2.24) is 15.5 Å². The summed E-state index contributed by atoms with van der Waals surface area (Å²) >= 11 is 0. The molecule has 8 heteroatoms. The van der Waals surface area contributed by atoms with Crippen molar-refractivity contribution in [1.29, 1.82) is 0 Å². The van der Waals surface area contributed by atoms with E-state index in [4.69, 9.17) is 9.47 Å². The average Bonchev–Trinajstić information content (AvgIpc) is 2.93. The summed E-state index contributed by atoms with van der Waals surface area (Å²) in [5, 5.41) is 6.41. The van der Waals surface area contributed by atoms with E-state index in [-0.39, 0.29) is 36.1 Å². The molecule has 0 aromatic carbocycles. The summed E-state index contributed by atoms with van der Waals surface area (Å²) in [6, 6.07) is 0.0939. The first kappa shape index (κ1) is 27.3. The molecule has 1 atom stereocenters. The minimum Gasteiger partial charge on any atom is -0.444 e. The predicted molar refractivity (Wildman–Crippen MR) is 133 cm³/mol. The number of carbonyl (C=O) groups excluding carboxylic acids is 1. The van der Waals surface area contributed by atoms with Gasteiger partial charge in [-0.25, -0.2) is 4.79 Å². The molecule has 1 unspecified atom stereocenters. The third-order valence-electron chi connectivity index (χ3n) is 5.43. The molecule has 1 aliphatic carbocycles. The Morgan fingerprint density at radius 1 is 1.10 bits per heavy atom. The summed E-state index contributed by atoms with van der Waals surface area (Å²) in [7, 11) is 1.81. The Morgan fingerprint density at radius 3 is 2.43 bits per heavy atom. The number of ether oxygens (including phenoxy) is 2. The molecule has 0 radical (unpaired) electrons. The van der Waals surface area contributed by atoms with Crippen LogP contribution < -0.4 is 10.6 Å². The lowest BCUT2D eigenvalue weighted by atomic mass is 10.1. The number of hydrogen-bond donors (Lipinski definition) is 2. The highest BCUT2D eigenvalue weighted by Crippen LogP contribution is 2.20. The standard InChI is InChI=1S/C22H42N4O3.HI/c1-22(2,3)29-21(27)25-18-13-15-26(17-18)20(23-4)24-14-9-10-16-28-19-11-7-5-6-8-12-19;/h18-19H,5-17H2,1-4H3,(H,23,24)(H,25,27);1H. The van der Waals surface area contributed by atoms with Gasteiger partial charge < -0.3 is 25.0 Å². The molecule has 2 N–H and O–H groups in total. The molecule has 1 saturated carbocycles. The number of nitrogens with one attached hydrogen (secondary N) is 2. The van der Waals surface area contributed by atoms with Gasteiger partial charge in [0.2, 0.25) is 0 Å². The van der Waals surface area contributed by atoms with Gasteiger partial charge in [0.1, 0.15) is 5.60 Å². The Balaban J connectivity index is 0.00000450. The molecule has 0 spiro atoms. The van der Waals surface area contributed by atoms with E-state index in [2.05, 4.69) is 20.5 Å². The first-order valence-corrected chi connectivity index (χ1v) is 11.4.